The molecule has 28 heavy (non-hydrogen) atoms. The molecular weight excluding hydrogens is 401 g/mol. The second-order valence-corrected chi connectivity index (χ2v) is 8.85. The summed E-state index contributed by atoms with van der Waals surface area (Å²) >= 11 is 11.3. The van der Waals surface area contributed by atoms with E-state index in [0.29, 0.717) is 17.1 Å². The molecule has 1 saturated heterocycles. The molecule has 2 aromatic carbocycles. The highest BCUT2D eigenvalue weighted by atomic mass is 35.5. The first-order valence-electron chi connectivity index (χ1n) is 9.48. The minimum absolute atomic E-state index is 0.00800. The number of nitrogens with two attached hydrogens (primary N) is 1. The summed E-state index contributed by atoms with van der Waals surface area (Å²) in [6, 6.07) is 11.1. The Morgan fingerprint density at radius 2 is 1.82 bits per heavy atom. The summed E-state index contributed by atoms with van der Waals surface area (Å²) in [7, 11) is 0. The van der Waals surface area contributed by atoms with Crippen LogP contribution in [0, 0.1) is 17.0 Å². The zero-order valence-electron chi connectivity index (χ0n) is 16.5. The minimum atomic E-state index is -0.327. The van der Waals surface area contributed by atoms with Crippen LogP contribution in [0.15, 0.2) is 42.5 Å². The van der Waals surface area contributed by atoms with Crippen molar-refractivity contribution in [3.63, 3.8) is 0 Å². The largest absolute Gasteiger partial charge is 0.326 e. The summed E-state index contributed by atoms with van der Waals surface area (Å²) < 4.78 is 26.2. The van der Waals surface area contributed by atoms with Crippen LogP contribution >= 0.6 is 23.2 Å². The summed E-state index contributed by atoms with van der Waals surface area (Å²) in [6.07, 6.45) is 2.11. The summed E-state index contributed by atoms with van der Waals surface area (Å²) in [5.41, 5.74) is 7.24. The molecule has 0 aliphatic carbocycles. The van der Waals surface area contributed by atoms with Crippen molar-refractivity contribution in [1.29, 1.82) is 0 Å². The molecule has 3 rings (SSSR count). The molecule has 0 aromatic heterocycles. The molecule has 6 heteroatoms. The van der Waals surface area contributed by atoms with Gasteiger partial charge in [-0.25, -0.2) is 8.78 Å². The third-order valence-corrected chi connectivity index (χ3v) is 5.95. The molecule has 1 aliphatic heterocycles. The van der Waals surface area contributed by atoms with Crippen molar-refractivity contribution in [2.75, 3.05) is 6.54 Å². The molecule has 1 fully saturated rings. The van der Waals surface area contributed by atoms with E-state index in [4.69, 9.17) is 28.9 Å². The topological polar surface area (TPSA) is 38.0 Å². The van der Waals surface area contributed by atoms with Gasteiger partial charge in [0, 0.05) is 29.6 Å². The van der Waals surface area contributed by atoms with Gasteiger partial charge in [0.2, 0.25) is 0 Å². The molecule has 2 aromatic rings. The average molecular weight is 429 g/mol. The van der Waals surface area contributed by atoms with Gasteiger partial charge in [-0.1, -0.05) is 68.6 Å². The van der Waals surface area contributed by atoms with Crippen molar-refractivity contribution in [1.82, 2.24) is 5.32 Å². The monoisotopic (exact) mass is 428 g/mol. The number of nitrogens with one attached hydrogen (secondary N) is 1. The predicted octanol–water partition coefficient (Wildman–Crippen LogP) is 6.17. The Labute approximate surface area is 176 Å². The van der Waals surface area contributed by atoms with Gasteiger partial charge in [-0.05, 0) is 41.7 Å². The molecule has 0 spiro atoms. The van der Waals surface area contributed by atoms with Crippen molar-refractivity contribution in [2.45, 2.75) is 51.6 Å². The van der Waals surface area contributed by atoms with Gasteiger partial charge in [-0.3, -0.25) is 0 Å². The second-order valence-electron chi connectivity index (χ2n) is 8.00. The number of halogens is 4. The average Bonchev–Trinajstić information content (AvgIpc) is 2.98. The second kappa shape index (κ2) is 10.0. The number of hydrogen-bond donors (Lipinski definition) is 2. The van der Waals surface area contributed by atoms with Crippen LogP contribution in [-0.2, 0) is 0 Å². The Morgan fingerprint density at radius 3 is 2.39 bits per heavy atom. The lowest BCUT2D eigenvalue weighted by atomic mass is 9.80. The van der Waals surface area contributed by atoms with E-state index in [1.807, 2.05) is 0 Å². The Balaban J connectivity index is 0.000000292. The summed E-state index contributed by atoms with van der Waals surface area (Å²) in [6.45, 7) is 7.39. The van der Waals surface area contributed by atoms with Gasteiger partial charge < -0.3 is 11.1 Å². The molecular formula is C22H28Cl2F2N2. The first-order valence-corrected chi connectivity index (χ1v) is 10.2. The Morgan fingerprint density at radius 1 is 1.14 bits per heavy atom. The van der Waals surface area contributed by atoms with Gasteiger partial charge in [0.1, 0.15) is 11.6 Å². The van der Waals surface area contributed by atoms with Crippen LogP contribution in [0.2, 0.25) is 10.0 Å². The van der Waals surface area contributed by atoms with Crippen LogP contribution in [0.25, 0.3) is 0 Å². The van der Waals surface area contributed by atoms with E-state index < -0.39 is 0 Å². The van der Waals surface area contributed by atoms with Gasteiger partial charge in [0.15, 0.2) is 0 Å². The molecule has 0 amide bonds. The summed E-state index contributed by atoms with van der Waals surface area (Å²) in [5.74, 6) is -0.629. The van der Waals surface area contributed by atoms with Gasteiger partial charge in [0.05, 0.1) is 5.02 Å². The SMILES string of the molecule is CCC(C)(C)CC1NCC(c2cccc(Cl)c2F)C1N.Fc1cccc(Cl)c1. The highest BCUT2D eigenvalue weighted by Gasteiger charge is 2.37. The zero-order chi connectivity index (χ0) is 20.9. The molecule has 154 valence electrons. The van der Waals surface area contributed by atoms with Crippen molar-refractivity contribution in [3.8, 4) is 0 Å². The molecule has 0 bridgehead atoms. The van der Waals surface area contributed by atoms with E-state index in [2.05, 4.69) is 26.1 Å². The van der Waals surface area contributed by atoms with Gasteiger partial charge in [-0.2, -0.15) is 0 Å². The minimum Gasteiger partial charge on any atom is -0.326 e. The maximum Gasteiger partial charge on any atom is 0.145 e. The maximum absolute atomic E-state index is 14.1. The molecule has 1 heterocycles. The predicted molar refractivity (Wildman–Crippen MR) is 114 cm³/mol. The molecule has 3 atom stereocenters. The normalized spacial score (nSPS) is 21.9. The van der Waals surface area contributed by atoms with Crippen molar-refractivity contribution < 1.29 is 8.78 Å². The fourth-order valence-corrected chi connectivity index (χ4v) is 3.72. The van der Waals surface area contributed by atoms with E-state index in [9.17, 15) is 8.78 Å². The first-order chi connectivity index (χ1) is 13.1. The van der Waals surface area contributed by atoms with E-state index in [0.717, 1.165) is 12.8 Å². The molecule has 0 radical (unpaired) electrons. The van der Waals surface area contributed by atoms with Crippen LogP contribution in [0.1, 0.15) is 45.1 Å². The third kappa shape index (κ3) is 6.15. The Kier molecular flexibility index (Phi) is 8.26. The van der Waals surface area contributed by atoms with Crippen LogP contribution < -0.4 is 11.1 Å². The first kappa shape index (κ1) is 23.1. The van der Waals surface area contributed by atoms with E-state index >= 15 is 0 Å². The molecule has 1 aliphatic rings. The van der Waals surface area contributed by atoms with Crippen LogP contribution in [0.4, 0.5) is 8.78 Å². The standard InChI is InChI=1S/C16H24ClFN2.C6H4ClF/c1-4-16(2,3)8-13-15(19)11(9-20-13)10-6-5-7-12(17)14(10)18;7-5-2-1-3-6(8)4-5/h5-7,11,13,15,20H,4,8-9,19H2,1-3H3;1-4H. The molecule has 3 unspecified atom stereocenters. The van der Waals surface area contributed by atoms with E-state index in [-0.39, 0.29) is 40.1 Å². The third-order valence-electron chi connectivity index (χ3n) is 5.43. The van der Waals surface area contributed by atoms with Gasteiger partial charge >= 0.3 is 0 Å². The van der Waals surface area contributed by atoms with Crippen LogP contribution in [-0.4, -0.2) is 18.6 Å². The molecule has 2 nitrogen and oxygen atoms in total. The van der Waals surface area contributed by atoms with Crippen LogP contribution in [0.5, 0.6) is 0 Å². The van der Waals surface area contributed by atoms with Crippen molar-refractivity contribution >= 4 is 23.2 Å². The highest BCUT2D eigenvalue weighted by Crippen LogP contribution is 2.35. The van der Waals surface area contributed by atoms with Gasteiger partial charge in [-0.15, -0.1) is 0 Å². The summed E-state index contributed by atoms with van der Waals surface area (Å²) in [5, 5.41) is 4.07. The zero-order valence-corrected chi connectivity index (χ0v) is 18.0. The lowest BCUT2D eigenvalue weighted by Gasteiger charge is -2.29. The number of benzene rings is 2. The Hall–Kier alpha value is -1.20. The lowest BCUT2D eigenvalue weighted by Crippen LogP contribution is -2.41. The smallest absolute Gasteiger partial charge is 0.145 e. The molecule has 0 saturated carbocycles. The van der Waals surface area contributed by atoms with Gasteiger partial charge in [0.25, 0.3) is 0 Å². The number of hydrogen-bond acceptors (Lipinski definition) is 2. The maximum atomic E-state index is 14.1. The highest BCUT2D eigenvalue weighted by molar-refractivity contribution is 6.31. The lowest BCUT2D eigenvalue weighted by molar-refractivity contribution is 0.271. The van der Waals surface area contributed by atoms with E-state index in [1.54, 1.807) is 30.3 Å². The van der Waals surface area contributed by atoms with Crippen molar-refractivity contribution in [3.05, 3.63) is 69.7 Å². The quantitative estimate of drug-likeness (QED) is 0.610. The Bertz CT molecular complexity index is 766. The summed E-state index contributed by atoms with van der Waals surface area (Å²) in [4.78, 5) is 0. The number of rotatable bonds is 4. The van der Waals surface area contributed by atoms with Crippen LogP contribution in [0.3, 0.4) is 0 Å². The fraction of sp³-hybridized carbons (Fsp3) is 0.455. The van der Waals surface area contributed by atoms with Crippen molar-refractivity contribution in [2.24, 2.45) is 11.1 Å². The van der Waals surface area contributed by atoms with E-state index in [1.165, 1.54) is 12.1 Å². The fourth-order valence-electron chi connectivity index (χ4n) is 3.36. The molecule has 3 N–H and O–H groups in total.